The number of aryl methyl sites for hydroxylation is 2. The Morgan fingerprint density at radius 3 is 2.16 bits per heavy atom. The van der Waals surface area contributed by atoms with E-state index in [0.717, 1.165) is 50.1 Å². The Morgan fingerprint density at radius 2 is 1.63 bits per heavy atom. The lowest BCUT2D eigenvalue weighted by molar-refractivity contribution is 0.469. The highest BCUT2D eigenvalue weighted by molar-refractivity contribution is 5.87. The number of rotatable bonds is 8. The molecule has 38 heavy (non-hydrogen) atoms. The van der Waals surface area contributed by atoms with Gasteiger partial charge in [-0.25, -0.2) is 0 Å². The third-order valence-corrected chi connectivity index (χ3v) is 7.63. The van der Waals surface area contributed by atoms with Gasteiger partial charge in [0.25, 0.3) is 0 Å². The molecule has 0 radical (unpaired) electrons. The second kappa shape index (κ2) is 18.0. The number of halogens is 1. The monoisotopic (exact) mass is 519 g/mol. The van der Waals surface area contributed by atoms with Crippen molar-refractivity contribution in [3.05, 3.63) is 81.9 Å². The summed E-state index contributed by atoms with van der Waals surface area (Å²) in [4.78, 5) is 0. The Morgan fingerprint density at radius 1 is 0.921 bits per heavy atom. The zero-order chi connectivity index (χ0) is 27.8. The second-order valence-electron chi connectivity index (χ2n) is 11.2. The molecule has 1 fully saturated rings. The van der Waals surface area contributed by atoms with Crippen LogP contribution in [0.5, 0.6) is 0 Å². The molecular formula is C36H54FN. The van der Waals surface area contributed by atoms with Crippen LogP contribution in [0.4, 0.5) is 10.1 Å². The van der Waals surface area contributed by atoms with Gasteiger partial charge < -0.3 is 5.73 Å². The molecule has 2 heteroatoms. The highest BCUT2D eigenvalue weighted by Gasteiger charge is 2.21. The van der Waals surface area contributed by atoms with Crippen LogP contribution >= 0.6 is 0 Å². The summed E-state index contributed by atoms with van der Waals surface area (Å²) in [5.41, 5.74) is 16.9. The van der Waals surface area contributed by atoms with Crippen LogP contribution in [0.25, 0.3) is 5.57 Å². The van der Waals surface area contributed by atoms with E-state index in [1.54, 1.807) is 11.1 Å². The third-order valence-electron chi connectivity index (χ3n) is 7.63. The lowest BCUT2D eigenvalue weighted by atomic mass is 9.85. The predicted molar refractivity (Wildman–Crippen MR) is 167 cm³/mol. The van der Waals surface area contributed by atoms with Crippen LogP contribution in [-0.2, 0) is 6.42 Å². The van der Waals surface area contributed by atoms with E-state index in [9.17, 15) is 4.39 Å². The number of fused-ring (bicyclic) bond motifs is 1. The van der Waals surface area contributed by atoms with Crippen LogP contribution < -0.4 is 5.73 Å². The quantitative estimate of drug-likeness (QED) is 0.345. The summed E-state index contributed by atoms with van der Waals surface area (Å²) in [5.74, 6) is 1.05. The summed E-state index contributed by atoms with van der Waals surface area (Å²) >= 11 is 0. The normalized spacial score (nSPS) is 15.7. The molecule has 0 atom stereocenters. The van der Waals surface area contributed by atoms with Crippen LogP contribution in [0, 0.1) is 12.8 Å². The number of allylic oxidation sites excluding steroid dienone is 3. The molecular weight excluding hydrogens is 465 g/mol. The summed E-state index contributed by atoms with van der Waals surface area (Å²) < 4.78 is 11.0. The SMILES string of the molecule is CC1CCCC1.CCC/C=C(\CCC)C1=C(c2ccc(C)cc2)c2ccc(N)cc2CCC1.CCCCF. The van der Waals surface area contributed by atoms with Crippen LogP contribution in [0.2, 0.25) is 0 Å². The van der Waals surface area contributed by atoms with Gasteiger partial charge in [-0.2, -0.15) is 0 Å². The molecule has 210 valence electrons. The number of hydrogen-bond donors (Lipinski definition) is 1. The first-order valence-corrected chi connectivity index (χ1v) is 15.4. The van der Waals surface area contributed by atoms with Crippen LogP contribution in [0.15, 0.2) is 59.7 Å². The molecule has 2 aromatic rings. The number of nitrogens with two attached hydrogens (primary N) is 1. The number of alkyl halides is 1. The molecule has 2 aromatic carbocycles. The third kappa shape index (κ3) is 10.4. The first-order chi connectivity index (χ1) is 18.4. The van der Waals surface area contributed by atoms with Crippen molar-refractivity contribution >= 4 is 11.3 Å². The lowest BCUT2D eigenvalue weighted by Crippen LogP contribution is -2.00. The molecule has 1 nitrogen and oxygen atoms in total. The molecule has 0 heterocycles. The summed E-state index contributed by atoms with van der Waals surface area (Å²) in [6.07, 6.45) is 18.3. The predicted octanol–water partition coefficient (Wildman–Crippen LogP) is 11.2. The zero-order valence-electron chi connectivity index (χ0n) is 25.1. The summed E-state index contributed by atoms with van der Waals surface area (Å²) in [5, 5.41) is 0. The summed E-state index contributed by atoms with van der Waals surface area (Å²) in [7, 11) is 0. The van der Waals surface area contributed by atoms with Crippen LogP contribution in [0.1, 0.15) is 127 Å². The zero-order valence-corrected chi connectivity index (χ0v) is 25.1. The van der Waals surface area contributed by atoms with Crippen molar-refractivity contribution < 1.29 is 4.39 Å². The van der Waals surface area contributed by atoms with Gasteiger partial charge in [-0.05, 0) is 96.9 Å². The number of unbranched alkanes of at least 4 members (excludes halogenated alkanes) is 2. The average Bonchev–Trinajstić information content (AvgIpc) is 3.32. The molecule has 0 unspecified atom stereocenters. The highest BCUT2D eigenvalue weighted by atomic mass is 19.1. The Bertz CT molecular complexity index is 991. The van der Waals surface area contributed by atoms with Gasteiger partial charge in [-0.3, -0.25) is 4.39 Å². The van der Waals surface area contributed by atoms with Gasteiger partial charge in [0.2, 0.25) is 0 Å². The molecule has 4 rings (SSSR count). The molecule has 0 aliphatic heterocycles. The van der Waals surface area contributed by atoms with Gasteiger partial charge in [0.1, 0.15) is 0 Å². The van der Waals surface area contributed by atoms with Crippen molar-refractivity contribution in [3.8, 4) is 0 Å². The van der Waals surface area contributed by atoms with E-state index in [0.29, 0.717) is 0 Å². The Labute approximate surface area is 233 Å². The number of nitrogen functional groups attached to an aromatic ring is 1. The van der Waals surface area contributed by atoms with E-state index >= 15 is 0 Å². The first kappa shape index (κ1) is 31.9. The molecule has 2 aliphatic rings. The van der Waals surface area contributed by atoms with Crippen molar-refractivity contribution in [3.63, 3.8) is 0 Å². The molecule has 1 saturated carbocycles. The minimum absolute atomic E-state index is 0.156. The first-order valence-electron chi connectivity index (χ1n) is 15.4. The van der Waals surface area contributed by atoms with Gasteiger partial charge in [0.15, 0.2) is 0 Å². The molecule has 0 spiro atoms. The van der Waals surface area contributed by atoms with Gasteiger partial charge in [0.05, 0.1) is 6.67 Å². The minimum atomic E-state index is -0.156. The molecule has 2 aliphatic carbocycles. The van der Waals surface area contributed by atoms with E-state index in [1.165, 1.54) is 72.8 Å². The maximum atomic E-state index is 11.0. The van der Waals surface area contributed by atoms with E-state index < -0.39 is 0 Å². The Hall–Kier alpha value is -2.35. The Kier molecular flexibility index (Phi) is 15.1. The maximum absolute atomic E-state index is 11.0. The minimum Gasteiger partial charge on any atom is -0.399 e. The Balaban J connectivity index is 0.000000383. The van der Waals surface area contributed by atoms with Crippen molar-refractivity contribution in [2.45, 2.75) is 118 Å². The number of hydrogen-bond acceptors (Lipinski definition) is 1. The van der Waals surface area contributed by atoms with Crippen LogP contribution in [0.3, 0.4) is 0 Å². The van der Waals surface area contributed by atoms with Gasteiger partial charge in [-0.15, -0.1) is 0 Å². The van der Waals surface area contributed by atoms with E-state index in [4.69, 9.17) is 5.73 Å². The number of benzene rings is 2. The molecule has 0 saturated heterocycles. The standard InChI is InChI=1S/C26H33N.C6H12.C4H9F/c1-4-6-9-20(8-5-2)24-11-7-10-22-18-23(27)16-17-25(22)26(24)21-14-12-19(3)13-15-21;1-6-4-2-3-5-6;1-2-3-4-5/h9,12-18H,4-8,10-11,27H2,1-3H3;6H,2-5H2,1H3;2-4H2,1H3/b20-9+;;. The average molecular weight is 520 g/mol. The molecule has 0 aromatic heterocycles. The van der Waals surface area contributed by atoms with Crippen LogP contribution in [-0.4, -0.2) is 6.67 Å². The van der Waals surface area contributed by atoms with Gasteiger partial charge in [-0.1, -0.05) is 115 Å². The van der Waals surface area contributed by atoms with E-state index in [-0.39, 0.29) is 6.67 Å². The maximum Gasteiger partial charge on any atom is 0.0894 e. The summed E-state index contributed by atoms with van der Waals surface area (Å²) in [6, 6.07) is 15.5. The van der Waals surface area contributed by atoms with Crippen molar-refractivity contribution in [2.75, 3.05) is 12.4 Å². The van der Waals surface area contributed by atoms with Gasteiger partial charge >= 0.3 is 0 Å². The van der Waals surface area contributed by atoms with E-state index in [2.05, 4.69) is 76.2 Å². The summed E-state index contributed by atoms with van der Waals surface area (Å²) in [6.45, 7) is 10.9. The molecule has 2 N–H and O–H groups in total. The highest BCUT2D eigenvalue weighted by Crippen LogP contribution is 2.40. The van der Waals surface area contributed by atoms with Gasteiger partial charge in [0, 0.05) is 5.69 Å². The topological polar surface area (TPSA) is 26.0 Å². The molecule has 0 bridgehead atoms. The smallest absolute Gasteiger partial charge is 0.0894 e. The largest absolute Gasteiger partial charge is 0.399 e. The van der Waals surface area contributed by atoms with Crippen molar-refractivity contribution in [1.29, 1.82) is 0 Å². The molecule has 0 amide bonds. The fourth-order valence-electron chi connectivity index (χ4n) is 5.41. The second-order valence-corrected chi connectivity index (χ2v) is 11.2. The fraction of sp³-hybridized carbons (Fsp3) is 0.556. The van der Waals surface area contributed by atoms with E-state index in [1.807, 2.05) is 6.92 Å². The fourth-order valence-corrected chi connectivity index (χ4v) is 5.41. The number of anilines is 1. The lowest BCUT2D eigenvalue weighted by Gasteiger charge is -2.19. The van der Waals surface area contributed by atoms with Crippen molar-refractivity contribution in [2.24, 2.45) is 5.92 Å². The van der Waals surface area contributed by atoms with Crippen molar-refractivity contribution in [1.82, 2.24) is 0 Å².